The SMILES string of the molecule is CCCCCOc1cccc(C(=O)N(Cc2cccnc2)c2nc3c(Cl)cccc3s2)c1. The fraction of sp³-hybridized carbons (Fsp3) is 0.240. The van der Waals surface area contributed by atoms with Crippen LogP contribution in [0.1, 0.15) is 42.1 Å². The van der Waals surface area contributed by atoms with Crippen molar-refractivity contribution < 1.29 is 9.53 Å². The summed E-state index contributed by atoms with van der Waals surface area (Å²) < 4.78 is 6.79. The molecule has 0 aliphatic heterocycles. The lowest BCUT2D eigenvalue weighted by Crippen LogP contribution is -2.30. The lowest BCUT2D eigenvalue weighted by molar-refractivity contribution is 0.0984. The molecule has 1 amide bonds. The van der Waals surface area contributed by atoms with E-state index in [-0.39, 0.29) is 5.91 Å². The van der Waals surface area contributed by atoms with Crippen molar-refractivity contribution in [2.75, 3.05) is 11.5 Å². The highest BCUT2D eigenvalue weighted by Gasteiger charge is 2.23. The topological polar surface area (TPSA) is 55.3 Å². The van der Waals surface area contributed by atoms with E-state index in [1.807, 2.05) is 36.4 Å². The van der Waals surface area contributed by atoms with Gasteiger partial charge in [0.05, 0.1) is 22.9 Å². The Morgan fingerprint density at radius 1 is 1.12 bits per heavy atom. The third-order valence-electron chi connectivity index (χ3n) is 5.00. The molecule has 32 heavy (non-hydrogen) atoms. The minimum absolute atomic E-state index is 0.150. The van der Waals surface area contributed by atoms with Crippen LogP contribution in [0, 0.1) is 0 Å². The van der Waals surface area contributed by atoms with Gasteiger partial charge in [0.15, 0.2) is 5.13 Å². The molecule has 2 aromatic carbocycles. The molecular formula is C25H24ClN3O2S. The van der Waals surface area contributed by atoms with E-state index in [1.165, 1.54) is 11.3 Å². The van der Waals surface area contributed by atoms with Gasteiger partial charge in [-0.3, -0.25) is 14.7 Å². The zero-order valence-corrected chi connectivity index (χ0v) is 19.4. The first-order valence-electron chi connectivity index (χ1n) is 10.6. The summed E-state index contributed by atoms with van der Waals surface area (Å²) in [4.78, 5) is 24.2. The molecule has 0 aliphatic carbocycles. The van der Waals surface area contributed by atoms with Crippen molar-refractivity contribution in [1.29, 1.82) is 0 Å². The third-order valence-corrected chi connectivity index (χ3v) is 6.34. The largest absolute Gasteiger partial charge is 0.494 e. The van der Waals surface area contributed by atoms with Crippen molar-refractivity contribution in [1.82, 2.24) is 9.97 Å². The summed E-state index contributed by atoms with van der Waals surface area (Å²) >= 11 is 7.78. The van der Waals surface area contributed by atoms with Crippen LogP contribution in [0.3, 0.4) is 0 Å². The molecule has 4 rings (SSSR count). The molecule has 0 atom stereocenters. The number of pyridine rings is 1. The maximum atomic E-state index is 13.6. The van der Waals surface area contributed by atoms with E-state index in [4.69, 9.17) is 16.3 Å². The van der Waals surface area contributed by atoms with Gasteiger partial charge in [-0.05, 0) is 48.4 Å². The molecule has 0 bridgehead atoms. The fourth-order valence-electron chi connectivity index (χ4n) is 3.34. The molecule has 7 heteroatoms. The summed E-state index contributed by atoms with van der Waals surface area (Å²) in [6, 6.07) is 16.8. The molecule has 5 nitrogen and oxygen atoms in total. The van der Waals surface area contributed by atoms with Crippen molar-refractivity contribution in [3.05, 3.63) is 83.1 Å². The lowest BCUT2D eigenvalue weighted by Gasteiger charge is -2.20. The zero-order chi connectivity index (χ0) is 22.3. The number of rotatable bonds is 9. The molecule has 2 aromatic heterocycles. The van der Waals surface area contributed by atoms with E-state index in [9.17, 15) is 4.79 Å². The first-order valence-corrected chi connectivity index (χ1v) is 11.8. The number of carbonyl (C=O) groups excluding carboxylic acids is 1. The Kier molecular flexibility index (Phi) is 7.35. The number of amides is 1. The average molecular weight is 466 g/mol. The van der Waals surface area contributed by atoms with E-state index < -0.39 is 0 Å². The second-order valence-electron chi connectivity index (χ2n) is 7.42. The van der Waals surface area contributed by atoms with Gasteiger partial charge in [0.25, 0.3) is 5.91 Å². The molecular weight excluding hydrogens is 442 g/mol. The molecule has 0 radical (unpaired) electrons. The number of unbranched alkanes of at least 4 members (excludes halogenated alkanes) is 2. The molecule has 0 N–H and O–H groups in total. The first-order chi connectivity index (χ1) is 15.7. The first kappa shape index (κ1) is 22.2. The molecule has 4 aromatic rings. The van der Waals surface area contributed by atoms with E-state index in [2.05, 4.69) is 16.9 Å². The Morgan fingerprint density at radius 3 is 2.78 bits per heavy atom. The molecule has 0 saturated carbocycles. The van der Waals surface area contributed by atoms with Gasteiger partial charge in [-0.2, -0.15) is 0 Å². The number of hydrogen-bond acceptors (Lipinski definition) is 5. The summed E-state index contributed by atoms with van der Waals surface area (Å²) in [6.45, 7) is 3.15. The Balaban J connectivity index is 1.65. The van der Waals surface area contributed by atoms with E-state index in [0.29, 0.717) is 40.1 Å². The van der Waals surface area contributed by atoms with Crippen molar-refractivity contribution >= 4 is 44.2 Å². The normalized spacial score (nSPS) is 10.9. The van der Waals surface area contributed by atoms with Crippen molar-refractivity contribution in [3.8, 4) is 5.75 Å². The van der Waals surface area contributed by atoms with Crippen LogP contribution in [-0.4, -0.2) is 22.5 Å². The maximum absolute atomic E-state index is 13.6. The summed E-state index contributed by atoms with van der Waals surface area (Å²) in [5.41, 5.74) is 2.16. The van der Waals surface area contributed by atoms with Crippen LogP contribution in [0.4, 0.5) is 5.13 Å². The smallest absolute Gasteiger partial charge is 0.260 e. The van der Waals surface area contributed by atoms with Crippen LogP contribution in [0.15, 0.2) is 67.0 Å². The van der Waals surface area contributed by atoms with Gasteiger partial charge in [-0.15, -0.1) is 0 Å². The number of ether oxygens (including phenoxy) is 1. The van der Waals surface area contributed by atoms with Crippen LogP contribution in [-0.2, 0) is 6.54 Å². The highest BCUT2D eigenvalue weighted by atomic mass is 35.5. The van der Waals surface area contributed by atoms with Crippen molar-refractivity contribution in [3.63, 3.8) is 0 Å². The number of fused-ring (bicyclic) bond motifs is 1. The molecule has 0 fully saturated rings. The van der Waals surface area contributed by atoms with E-state index in [1.54, 1.807) is 35.5 Å². The molecule has 0 spiro atoms. The predicted molar refractivity (Wildman–Crippen MR) is 131 cm³/mol. The number of nitrogens with zero attached hydrogens (tertiary/aromatic N) is 3. The van der Waals surface area contributed by atoms with Gasteiger partial charge in [0, 0.05) is 18.0 Å². The Morgan fingerprint density at radius 2 is 2.00 bits per heavy atom. The molecule has 0 saturated heterocycles. The van der Waals surface area contributed by atoms with E-state index in [0.717, 1.165) is 29.5 Å². The van der Waals surface area contributed by atoms with Gasteiger partial charge in [0.2, 0.25) is 0 Å². The summed E-state index contributed by atoms with van der Waals surface area (Å²) in [7, 11) is 0. The number of aromatic nitrogens is 2. The van der Waals surface area contributed by atoms with Crippen LogP contribution in [0.25, 0.3) is 10.2 Å². The second kappa shape index (κ2) is 10.6. The lowest BCUT2D eigenvalue weighted by atomic mass is 10.1. The fourth-order valence-corrected chi connectivity index (χ4v) is 4.60. The van der Waals surface area contributed by atoms with Crippen LogP contribution < -0.4 is 9.64 Å². The molecule has 0 unspecified atom stereocenters. The number of anilines is 1. The summed E-state index contributed by atoms with van der Waals surface area (Å²) in [5, 5.41) is 1.16. The van der Waals surface area contributed by atoms with Crippen LogP contribution >= 0.6 is 22.9 Å². The second-order valence-corrected chi connectivity index (χ2v) is 8.84. The number of thiazole rings is 1. The van der Waals surface area contributed by atoms with Crippen LogP contribution in [0.2, 0.25) is 5.02 Å². The number of para-hydroxylation sites is 1. The quantitative estimate of drug-likeness (QED) is 0.256. The highest BCUT2D eigenvalue weighted by molar-refractivity contribution is 7.22. The highest BCUT2D eigenvalue weighted by Crippen LogP contribution is 2.34. The molecule has 2 heterocycles. The minimum Gasteiger partial charge on any atom is -0.494 e. The van der Waals surface area contributed by atoms with Crippen LogP contribution in [0.5, 0.6) is 5.75 Å². The van der Waals surface area contributed by atoms with Gasteiger partial charge in [0.1, 0.15) is 11.3 Å². The monoisotopic (exact) mass is 465 g/mol. The Bertz CT molecular complexity index is 1200. The number of hydrogen-bond donors (Lipinski definition) is 0. The Labute approximate surface area is 196 Å². The molecule has 164 valence electrons. The van der Waals surface area contributed by atoms with E-state index >= 15 is 0 Å². The Hall–Kier alpha value is -2.96. The number of halogens is 1. The van der Waals surface area contributed by atoms with Crippen molar-refractivity contribution in [2.24, 2.45) is 0 Å². The summed E-state index contributed by atoms with van der Waals surface area (Å²) in [6.07, 6.45) is 6.73. The van der Waals surface area contributed by atoms with Gasteiger partial charge in [-0.1, -0.05) is 60.9 Å². The zero-order valence-electron chi connectivity index (χ0n) is 17.8. The van der Waals surface area contributed by atoms with Gasteiger partial charge < -0.3 is 4.74 Å². The molecule has 0 aliphatic rings. The summed E-state index contributed by atoms with van der Waals surface area (Å²) in [5.74, 6) is 0.545. The standard InChI is InChI=1S/C25H24ClN3O2S/c1-2-3-4-14-31-20-10-5-9-19(15-20)24(30)29(17-18-8-7-13-27-16-18)25-28-23-21(26)11-6-12-22(23)32-25/h5-13,15-16H,2-4,14,17H2,1H3. The van der Waals surface area contributed by atoms with Gasteiger partial charge >= 0.3 is 0 Å². The third kappa shape index (κ3) is 5.26. The minimum atomic E-state index is -0.150. The maximum Gasteiger partial charge on any atom is 0.260 e. The number of benzene rings is 2. The average Bonchev–Trinajstić information content (AvgIpc) is 3.26. The predicted octanol–water partition coefficient (Wildman–Crippen LogP) is 6.76. The van der Waals surface area contributed by atoms with Crippen molar-refractivity contribution in [2.45, 2.75) is 32.7 Å². The van der Waals surface area contributed by atoms with Gasteiger partial charge in [-0.25, -0.2) is 4.98 Å². The number of carbonyl (C=O) groups is 1.